The minimum Gasteiger partial charge on any atom is -0.385 e. The summed E-state index contributed by atoms with van der Waals surface area (Å²) < 4.78 is 13.4. The minimum absolute atomic E-state index is 0.0600. The Labute approximate surface area is 89.3 Å². The summed E-state index contributed by atoms with van der Waals surface area (Å²) in [6, 6.07) is 5.97. The van der Waals surface area contributed by atoms with Crippen LogP contribution in [0, 0.1) is 18.2 Å². The van der Waals surface area contributed by atoms with E-state index in [1.807, 2.05) is 6.92 Å². The molecule has 1 rings (SSSR count). The second-order valence-corrected chi connectivity index (χ2v) is 3.65. The van der Waals surface area contributed by atoms with Crippen LogP contribution in [-0.2, 0) is 5.60 Å². The zero-order valence-corrected chi connectivity index (χ0v) is 8.76. The van der Waals surface area contributed by atoms with Crippen LogP contribution < -0.4 is 0 Å². The molecule has 0 aliphatic rings. The van der Waals surface area contributed by atoms with Crippen molar-refractivity contribution >= 4 is 5.71 Å². The summed E-state index contributed by atoms with van der Waals surface area (Å²) in [6.45, 7) is 5.38. The minimum atomic E-state index is -1.54. The fraction of sp³-hybridized carbons (Fsp3) is 0.333. The summed E-state index contributed by atoms with van der Waals surface area (Å²) in [4.78, 5) is 0. The first-order valence-corrected chi connectivity index (χ1v) is 4.86. The number of hydrogen-bond donors (Lipinski definition) is 2. The van der Waals surface area contributed by atoms with E-state index in [0.29, 0.717) is 12.1 Å². The van der Waals surface area contributed by atoms with Gasteiger partial charge in [-0.15, -0.1) is 0 Å². The number of rotatable bonds is 4. The van der Waals surface area contributed by atoms with E-state index in [1.54, 1.807) is 12.1 Å². The van der Waals surface area contributed by atoms with Gasteiger partial charge >= 0.3 is 0 Å². The van der Waals surface area contributed by atoms with E-state index in [4.69, 9.17) is 5.41 Å². The first-order chi connectivity index (χ1) is 6.97. The monoisotopic (exact) mass is 208 g/mol. The van der Waals surface area contributed by atoms with Crippen LogP contribution in [-0.4, -0.2) is 10.8 Å². The zero-order chi connectivity index (χ0) is 11.5. The van der Waals surface area contributed by atoms with E-state index < -0.39 is 11.4 Å². The highest BCUT2D eigenvalue weighted by atomic mass is 19.1. The molecule has 1 aromatic carbocycles. The summed E-state index contributed by atoms with van der Waals surface area (Å²) in [5.41, 5.74) is -1.04. The largest absolute Gasteiger partial charge is 0.385 e. The van der Waals surface area contributed by atoms with Crippen LogP contribution >= 0.6 is 0 Å². The standard InChI is InChI=1S/C12H15FNO/c1-3-9(14)8-12(2,15)10-6-4-5-7-11(10)13/h4-7,14-15H,2-3,8H2,1H3. The molecule has 0 aromatic heterocycles. The maximum absolute atomic E-state index is 13.4. The maximum atomic E-state index is 13.4. The van der Waals surface area contributed by atoms with Crippen molar-refractivity contribution in [3.8, 4) is 0 Å². The van der Waals surface area contributed by atoms with Crippen LogP contribution in [0.2, 0.25) is 0 Å². The number of nitrogens with one attached hydrogen (secondary N) is 1. The molecule has 0 bridgehead atoms. The molecule has 1 atom stereocenters. The van der Waals surface area contributed by atoms with Crippen molar-refractivity contribution in [1.82, 2.24) is 0 Å². The van der Waals surface area contributed by atoms with Crippen molar-refractivity contribution in [3.05, 3.63) is 42.6 Å². The van der Waals surface area contributed by atoms with Gasteiger partial charge in [0.15, 0.2) is 0 Å². The van der Waals surface area contributed by atoms with Crippen molar-refractivity contribution in [3.63, 3.8) is 0 Å². The lowest BCUT2D eigenvalue weighted by Gasteiger charge is -2.24. The van der Waals surface area contributed by atoms with Gasteiger partial charge in [0.05, 0.1) is 5.60 Å². The fourth-order valence-electron chi connectivity index (χ4n) is 1.41. The van der Waals surface area contributed by atoms with Crippen LogP contribution in [0.5, 0.6) is 0 Å². The number of hydrogen-bond acceptors (Lipinski definition) is 2. The van der Waals surface area contributed by atoms with E-state index in [2.05, 4.69) is 6.92 Å². The summed E-state index contributed by atoms with van der Waals surface area (Å²) >= 11 is 0. The molecule has 1 radical (unpaired) electrons. The van der Waals surface area contributed by atoms with Crippen LogP contribution in [0.15, 0.2) is 24.3 Å². The number of halogens is 1. The van der Waals surface area contributed by atoms with Crippen molar-refractivity contribution in [1.29, 1.82) is 5.41 Å². The Morgan fingerprint density at radius 1 is 1.53 bits per heavy atom. The highest BCUT2D eigenvalue weighted by molar-refractivity contribution is 5.82. The van der Waals surface area contributed by atoms with Crippen LogP contribution in [0.25, 0.3) is 0 Å². The van der Waals surface area contributed by atoms with Gasteiger partial charge in [-0.1, -0.05) is 25.1 Å². The molecule has 2 nitrogen and oxygen atoms in total. The Kier molecular flexibility index (Phi) is 3.58. The first kappa shape index (κ1) is 11.9. The van der Waals surface area contributed by atoms with Gasteiger partial charge < -0.3 is 10.5 Å². The Morgan fingerprint density at radius 2 is 2.13 bits per heavy atom. The van der Waals surface area contributed by atoms with Crippen LogP contribution in [0.1, 0.15) is 25.3 Å². The quantitative estimate of drug-likeness (QED) is 0.734. The van der Waals surface area contributed by atoms with Gasteiger partial charge in [0.1, 0.15) is 5.82 Å². The normalized spacial score (nSPS) is 14.7. The third-order valence-corrected chi connectivity index (χ3v) is 2.31. The van der Waals surface area contributed by atoms with E-state index in [1.165, 1.54) is 12.1 Å². The van der Waals surface area contributed by atoms with Gasteiger partial charge in [0.25, 0.3) is 0 Å². The molecule has 1 unspecified atom stereocenters. The predicted molar refractivity (Wildman–Crippen MR) is 58.3 cm³/mol. The van der Waals surface area contributed by atoms with Gasteiger partial charge in [0.2, 0.25) is 0 Å². The Balaban J connectivity index is 2.95. The lowest BCUT2D eigenvalue weighted by molar-refractivity contribution is 0.0898. The van der Waals surface area contributed by atoms with Gasteiger partial charge in [-0.25, -0.2) is 4.39 Å². The highest BCUT2D eigenvalue weighted by Crippen LogP contribution is 2.26. The van der Waals surface area contributed by atoms with Gasteiger partial charge in [0, 0.05) is 17.7 Å². The van der Waals surface area contributed by atoms with E-state index >= 15 is 0 Å². The number of benzene rings is 1. The van der Waals surface area contributed by atoms with Crippen LogP contribution in [0.4, 0.5) is 4.39 Å². The first-order valence-electron chi connectivity index (χ1n) is 4.86. The van der Waals surface area contributed by atoms with E-state index in [-0.39, 0.29) is 12.0 Å². The van der Waals surface area contributed by atoms with Crippen molar-refractivity contribution in [2.24, 2.45) is 0 Å². The summed E-state index contributed by atoms with van der Waals surface area (Å²) in [5, 5.41) is 17.5. The molecule has 0 heterocycles. The SMILES string of the molecule is [CH2]C(O)(CC(=N)CC)c1ccccc1F. The molecule has 0 aliphatic carbocycles. The fourth-order valence-corrected chi connectivity index (χ4v) is 1.41. The van der Waals surface area contributed by atoms with Gasteiger partial charge in [-0.05, 0) is 19.4 Å². The summed E-state index contributed by atoms with van der Waals surface area (Å²) in [5.74, 6) is -0.487. The third kappa shape index (κ3) is 2.86. The number of aliphatic hydroxyl groups is 1. The second kappa shape index (κ2) is 4.53. The summed E-state index contributed by atoms with van der Waals surface area (Å²) in [6.07, 6.45) is 0.594. The Morgan fingerprint density at radius 3 is 2.67 bits per heavy atom. The Hall–Kier alpha value is -1.22. The maximum Gasteiger partial charge on any atom is 0.129 e. The Bertz CT molecular complexity index is 360. The van der Waals surface area contributed by atoms with Gasteiger partial charge in [-0.3, -0.25) is 0 Å². The molecule has 0 saturated heterocycles. The molecule has 0 amide bonds. The second-order valence-electron chi connectivity index (χ2n) is 3.65. The van der Waals surface area contributed by atoms with E-state index in [0.717, 1.165) is 0 Å². The van der Waals surface area contributed by atoms with Crippen LogP contribution in [0.3, 0.4) is 0 Å². The average molecular weight is 208 g/mol. The molecule has 15 heavy (non-hydrogen) atoms. The average Bonchev–Trinajstić information content (AvgIpc) is 2.17. The predicted octanol–water partition coefficient (Wildman–Crippen LogP) is 2.67. The van der Waals surface area contributed by atoms with Crippen molar-refractivity contribution in [2.45, 2.75) is 25.4 Å². The molecule has 0 saturated carbocycles. The molecule has 1 aromatic rings. The lowest BCUT2D eigenvalue weighted by Crippen LogP contribution is -2.26. The van der Waals surface area contributed by atoms with E-state index in [9.17, 15) is 9.50 Å². The molecule has 0 aliphatic heterocycles. The molecule has 0 spiro atoms. The molecular weight excluding hydrogens is 193 g/mol. The lowest BCUT2D eigenvalue weighted by atomic mass is 9.89. The van der Waals surface area contributed by atoms with Crippen molar-refractivity contribution in [2.75, 3.05) is 0 Å². The third-order valence-electron chi connectivity index (χ3n) is 2.31. The molecule has 0 fully saturated rings. The smallest absolute Gasteiger partial charge is 0.129 e. The zero-order valence-electron chi connectivity index (χ0n) is 8.76. The molecular formula is C12H15FNO. The topological polar surface area (TPSA) is 44.1 Å². The molecule has 81 valence electrons. The molecule has 3 heteroatoms. The highest BCUT2D eigenvalue weighted by Gasteiger charge is 2.27. The van der Waals surface area contributed by atoms with Gasteiger partial charge in [-0.2, -0.15) is 0 Å². The van der Waals surface area contributed by atoms with Crippen molar-refractivity contribution < 1.29 is 9.50 Å². The summed E-state index contributed by atoms with van der Waals surface area (Å²) in [7, 11) is 0. The molecule has 2 N–H and O–H groups in total.